The average Bonchev–Trinajstić information content (AvgIpc) is 2.47. The van der Waals surface area contributed by atoms with Gasteiger partial charge in [-0.1, -0.05) is 43.3 Å². The smallest absolute Gasteiger partial charge is 0.120 e. The van der Waals surface area contributed by atoms with Gasteiger partial charge in [0.15, 0.2) is 0 Å². The zero-order valence-electron chi connectivity index (χ0n) is 12.3. The van der Waals surface area contributed by atoms with Crippen molar-refractivity contribution in [2.24, 2.45) is 5.73 Å². The summed E-state index contributed by atoms with van der Waals surface area (Å²) in [6.07, 6.45) is 1.90. The highest BCUT2D eigenvalue weighted by molar-refractivity contribution is 5.30. The van der Waals surface area contributed by atoms with Gasteiger partial charge < -0.3 is 10.5 Å². The van der Waals surface area contributed by atoms with Crippen LogP contribution in [0.2, 0.25) is 0 Å². The molecule has 0 saturated carbocycles. The molecule has 1 unspecified atom stereocenters. The number of aryl methyl sites for hydroxylation is 1. The first-order valence-corrected chi connectivity index (χ1v) is 7.21. The fourth-order valence-electron chi connectivity index (χ4n) is 2.14. The fraction of sp³-hybridized carbons (Fsp3) is 0.333. The highest BCUT2D eigenvalue weighted by Gasteiger charge is 2.03. The molecule has 2 aromatic rings. The van der Waals surface area contributed by atoms with Crippen LogP contribution in [0.1, 0.15) is 30.0 Å². The minimum atomic E-state index is 0.224. The summed E-state index contributed by atoms with van der Waals surface area (Å²) in [6.45, 7) is 4.83. The molecule has 20 heavy (non-hydrogen) atoms. The molecule has 0 aliphatic carbocycles. The Labute approximate surface area is 121 Å². The van der Waals surface area contributed by atoms with Gasteiger partial charge in [-0.05, 0) is 48.6 Å². The summed E-state index contributed by atoms with van der Waals surface area (Å²) in [5.41, 5.74) is 9.72. The van der Waals surface area contributed by atoms with Crippen LogP contribution in [-0.2, 0) is 13.0 Å². The minimum Gasteiger partial charge on any atom is -0.489 e. The van der Waals surface area contributed by atoms with Crippen LogP contribution < -0.4 is 10.5 Å². The molecule has 0 bridgehead atoms. The molecular formula is C18H23NO. The highest BCUT2D eigenvalue weighted by Crippen LogP contribution is 2.17. The molecule has 0 heterocycles. The molecule has 0 spiro atoms. The molecule has 0 aromatic heterocycles. The van der Waals surface area contributed by atoms with Gasteiger partial charge in [0.1, 0.15) is 12.4 Å². The van der Waals surface area contributed by atoms with E-state index in [1.165, 1.54) is 16.7 Å². The van der Waals surface area contributed by atoms with Crippen molar-refractivity contribution >= 4 is 0 Å². The van der Waals surface area contributed by atoms with Crippen LogP contribution in [0, 0.1) is 6.92 Å². The summed E-state index contributed by atoms with van der Waals surface area (Å²) in [4.78, 5) is 0. The van der Waals surface area contributed by atoms with Crippen molar-refractivity contribution in [3.05, 3.63) is 65.2 Å². The lowest BCUT2D eigenvalue weighted by Gasteiger charge is -2.12. The van der Waals surface area contributed by atoms with E-state index >= 15 is 0 Å². The molecule has 2 aromatic carbocycles. The molecule has 0 radical (unpaired) electrons. The molecule has 0 fully saturated rings. The third-order valence-corrected chi connectivity index (χ3v) is 3.58. The second kappa shape index (κ2) is 7.11. The van der Waals surface area contributed by atoms with E-state index < -0.39 is 0 Å². The van der Waals surface area contributed by atoms with Crippen molar-refractivity contribution in [1.29, 1.82) is 0 Å². The summed E-state index contributed by atoms with van der Waals surface area (Å²) in [7, 11) is 0. The van der Waals surface area contributed by atoms with E-state index in [1.54, 1.807) is 0 Å². The van der Waals surface area contributed by atoms with Crippen molar-refractivity contribution in [3.63, 3.8) is 0 Å². The third kappa shape index (κ3) is 4.10. The molecule has 106 valence electrons. The van der Waals surface area contributed by atoms with Crippen molar-refractivity contribution in [2.75, 3.05) is 0 Å². The highest BCUT2D eigenvalue weighted by atomic mass is 16.5. The summed E-state index contributed by atoms with van der Waals surface area (Å²) in [5, 5.41) is 0. The molecule has 2 N–H and O–H groups in total. The standard InChI is InChI=1S/C18H23NO/c1-3-17(19)11-15-8-6-10-18(12-15)20-13-16-9-5-4-7-14(16)2/h4-10,12,17H,3,11,13,19H2,1-2H3. The molecular weight excluding hydrogens is 246 g/mol. The predicted octanol–water partition coefficient (Wildman–Crippen LogP) is 3.85. The normalized spacial score (nSPS) is 12.2. The lowest BCUT2D eigenvalue weighted by molar-refractivity contribution is 0.305. The zero-order chi connectivity index (χ0) is 14.4. The van der Waals surface area contributed by atoms with Gasteiger partial charge >= 0.3 is 0 Å². The quantitative estimate of drug-likeness (QED) is 0.864. The largest absolute Gasteiger partial charge is 0.489 e. The lowest BCUT2D eigenvalue weighted by Crippen LogP contribution is -2.21. The van der Waals surface area contributed by atoms with Crippen LogP contribution in [0.15, 0.2) is 48.5 Å². The van der Waals surface area contributed by atoms with Crippen molar-refractivity contribution in [1.82, 2.24) is 0 Å². The van der Waals surface area contributed by atoms with Crippen LogP contribution in [0.3, 0.4) is 0 Å². The maximum absolute atomic E-state index is 6.00. The van der Waals surface area contributed by atoms with Crippen molar-refractivity contribution < 1.29 is 4.74 Å². The molecule has 0 saturated heterocycles. The van der Waals surface area contributed by atoms with Gasteiger partial charge in [-0.25, -0.2) is 0 Å². The van der Waals surface area contributed by atoms with Gasteiger partial charge in [0.2, 0.25) is 0 Å². The second-order valence-corrected chi connectivity index (χ2v) is 5.24. The maximum Gasteiger partial charge on any atom is 0.120 e. The van der Waals surface area contributed by atoms with E-state index in [2.05, 4.69) is 38.1 Å². The number of hydrogen-bond acceptors (Lipinski definition) is 2. The molecule has 2 nitrogen and oxygen atoms in total. The summed E-state index contributed by atoms with van der Waals surface area (Å²) < 4.78 is 5.89. The van der Waals surface area contributed by atoms with Crippen molar-refractivity contribution in [2.45, 2.75) is 39.3 Å². The Hall–Kier alpha value is -1.80. The SMILES string of the molecule is CCC(N)Cc1cccc(OCc2ccccc2C)c1. The van der Waals surface area contributed by atoms with Gasteiger partial charge in [0.25, 0.3) is 0 Å². The lowest BCUT2D eigenvalue weighted by atomic mass is 10.0. The molecule has 2 heteroatoms. The van der Waals surface area contributed by atoms with E-state index in [0.29, 0.717) is 6.61 Å². The number of hydrogen-bond donors (Lipinski definition) is 1. The zero-order valence-corrected chi connectivity index (χ0v) is 12.3. The van der Waals surface area contributed by atoms with Crippen LogP contribution in [0.4, 0.5) is 0 Å². The topological polar surface area (TPSA) is 35.2 Å². The Balaban J connectivity index is 2.00. The van der Waals surface area contributed by atoms with E-state index in [0.717, 1.165) is 18.6 Å². The van der Waals surface area contributed by atoms with Gasteiger partial charge in [-0.3, -0.25) is 0 Å². The Morgan fingerprint density at radius 1 is 1.10 bits per heavy atom. The van der Waals surface area contributed by atoms with Crippen LogP contribution in [0.25, 0.3) is 0 Å². The second-order valence-electron chi connectivity index (χ2n) is 5.24. The van der Waals surface area contributed by atoms with Crippen molar-refractivity contribution in [3.8, 4) is 5.75 Å². The molecule has 1 atom stereocenters. The van der Waals surface area contributed by atoms with Gasteiger partial charge in [0.05, 0.1) is 0 Å². The van der Waals surface area contributed by atoms with Gasteiger partial charge in [-0.2, -0.15) is 0 Å². The number of rotatable bonds is 6. The van der Waals surface area contributed by atoms with Gasteiger partial charge in [0, 0.05) is 6.04 Å². The average molecular weight is 269 g/mol. The Kier molecular flexibility index (Phi) is 5.19. The Bertz CT molecular complexity index is 551. The van der Waals surface area contributed by atoms with E-state index in [-0.39, 0.29) is 6.04 Å². The predicted molar refractivity (Wildman–Crippen MR) is 83.9 cm³/mol. The van der Waals surface area contributed by atoms with E-state index in [1.807, 2.05) is 24.3 Å². The first-order valence-electron chi connectivity index (χ1n) is 7.21. The van der Waals surface area contributed by atoms with Crippen LogP contribution in [-0.4, -0.2) is 6.04 Å². The molecule has 0 amide bonds. The molecule has 0 aliphatic heterocycles. The fourth-order valence-corrected chi connectivity index (χ4v) is 2.14. The van der Waals surface area contributed by atoms with E-state index in [4.69, 9.17) is 10.5 Å². The first-order chi connectivity index (χ1) is 9.69. The van der Waals surface area contributed by atoms with Crippen LogP contribution >= 0.6 is 0 Å². The summed E-state index contributed by atoms with van der Waals surface area (Å²) in [6, 6.07) is 16.8. The maximum atomic E-state index is 6.00. The monoisotopic (exact) mass is 269 g/mol. The Morgan fingerprint density at radius 3 is 2.65 bits per heavy atom. The number of nitrogens with two attached hydrogens (primary N) is 1. The summed E-state index contributed by atoms with van der Waals surface area (Å²) >= 11 is 0. The van der Waals surface area contributed by atoms with Crippen LogP contribution in [0.5, 0.6) is 5.75 Å². The van der Waals surface area contributed by atoms with Gasteiger partial charge in [-0.15, -0.1) is 0 Å². The molecule has 0 aliphatic rings. The Morgan fingerprint density at radius 2 is 1.90 bits per heavy atom. The first kappa shape index (κ1) is 14.6. The number of ether oxygens (including phenoxy) is 1. The summed E-state index contributed by atoms with van der Waals surface area (Å²) in [5.74, 6) is 0.911. The number of benzene rings is 2. The van der Waals surface area contributed by atoms with E-state index in [9.17, 15) is 0 Å². The minimum absolute atomic E-state index is 0.224. The molecule has 2 rings (SSSR count). The third-order valence-electron chi connectivity index (χ3n) is 3.58.